The largest absolute Gasteiger partial charge is 0.369 e. The summed E-state index contributed by atoms with van der Waals surface area (Å²) in [5.74, 6) is -0.177. The van der Waals surface area contributed by atoms with Gasteiger partial charge in [-0.1, -0.05) is 23.7 Å². The molecule has 9 nitrogen and oxygen atoms in total. The lowest BCUT2D eigenvalue weighted by atomic mass is 10.1. The molecule has 106 valence electrons. The summed E-state index contributed by atoms with van der Waals surface area (Å²) in [5, 5.41) is 30.1. The highest BCUT2D eigenvalue weighted by atomic mass is 35.5. The van der Waals surface area contributed by atoms with E-state index in [-0.39, 0.29) is 11.7 Å². The van der Waals surface area contributed by atoms with E-state index in [9.17, 15) is 0 Å². The zero-order valence-electron chi connectivity index (χ0n) is 10.1. The highest BCUT2D eigenvalue weighted by molar-refractivity contribution is 6.30. The van der Waals surface area contributed by atoms with Crippen LogP contribution in [0.1, 0.15) is 5.56 Å². The SMILES string of the molecule is N#C/C(Cc1ccc(Cl)cc1)=N\N=C(N)N.O=[N+]([O-])O. The van der Waals surface area contributed by atoms with Crippen LogP contribution in [-0.2, 0) is 6.42 Å². The first kappa shape index (κ1) is 17.1. The quantitative estimate of drug-likeness (QED) is 0.321. The van der Waals surface area contributed by atoms with Gasteiger partial charge in [-0.2, -0.15) is 5.26 Å². The highest BCUT2D eigenvalue weighted by Crippen LogP contribution is 2.10. The number of rotatable bonds is 3. The minimum atomic E-state index is -1.50. The maximum atomic E-state index is 8.80. The van der Waals surface area contributed by atoms with Crippen LogP contribution in [-0.4, -0.2) is 22.0 Å². The average molecular weight is 299 g/mol. The van der Waals surface area contributed by atoms with E-state index in [1.165, 1.54) is 0 Å². The first-order valence-electron chi connectivity index (χ1n) is 4.98. The third kappa shape index (κ3) is 9.20. The second-order valence-corrected chi connectivity index (χ2v) is 3.66. The normalized spacial score (nSPS) is 9.70. The lowest BCUT2D eigenvalue weighted by molar-refractivity contribution is -0.742. The first-order valence-corrected chi connectivity index (χ1v) is 5.36. The van der Waals surface area contributed by atoms with Crippen molar-refractivity contribution < 1.29 is 10.3 Å². The Balaban J connectivity index is 0.000000796. The molecule has 0 bridgehead atoms. The molecule has 20 heavy (non-hydrogen) atoms. The van der Waals surface area contributed by atoms with Gasteiger partial charge in [-0.05, 0) is 17.7 Å². The molecule has 0 aromatic heterocycles. The number of hydrogen-bond acceptors (Lipinski definition) is 5. The summed E-state index contributed by atoms with van der Waals surface area (Å²) in [6, 6.07) is 9.02. The smallest absolute Gasteiger partial charge is 0.291 e. The van der Waals surface area contributed by atoms with Crippen LogP contribution in [0.2, 0.25) is 5.02 Å². The van der Waals surface area contributed by atoms with Gasteiger partial charge in [-0.15, -0.1) is 20.3 Å². The van der Waals surface area contributed by atoms with E-state index in [4.69, 9.17) is 43.7 Å². The molecule has 0 aliphatic heterocycles. The van der Waals surface area contributed by atoms with Crippen LogP contribution in [0, 0.1) is 21.4 Å². The maximum Gasteiger partial charge on any atom is 0.291 e. The lowest BCUT2D eigenvalue weighted by Crippen LogP contribution is -2.22. The molecular weight excluding hydrogens is 288 g/mol. The van der Waals surface area contributed by atoms with E-state index in [1.807, 2.05) is 18.2 Å². The first-order chi connectivity index (χ1) is 9.35. The Bertz CT molecular complexity index is 541. The predicted octanol–water partition coefficient (Wildman–Crippen LogP) is 0.688. The predicted molar refractivity (Wildman–Crippen MR) is 72.8 cm³/mol. The van der Waals surface area contributed by atoms with E-state index in [2.05, 4.69) is 10.2 Å². The van der Waals surface area contributed by atoms with Crippen molar-refractivity contribution >= 4 is 23.3 Å². The molecule has 0 fully saturated rings. The number of halogens is 1. The van der Waals surface area contributed by atoms with Crippen molar-refractivity contribution in [3.8, 4) is 6.07 Å². The van der Waals surface area contributed by atoms with Crippen LogP contribution >= 0.6 is 11.6 Å². The summed E-state index contributed by atoms with van der Waals surface area (Å²) >= 11 is 5.73. The fraction of sp³-hybridized carbons (Fsp3) is 0.100. The molecule has 0 aliphatic carbocycles. The van der Waals surface area contributed by atoms with Gasteiger partial charge in [0.25, 0.3) is 5.09 Å². The number of hydrogen-bond donors (Lipinski definition) is 3. The van der Waals surface area contributed by atoms with Crippen molar-refractivity contribution in [2.75, 3.05) is 0 Å². The van der Waals surface area contributed by atoms with Crippen LogP contribution in [0.5, 0.6) is 0 Å². The van der Waals surface area contributed by atoms with Gasteiger partial charge in [-0.25, -0.2) is 0 Å². The van der Waals surface area contributed by atoms with Crippen molar-refractivity contribution in [1.82, 2.24) is 0 Å². The summed E-state index contributed by atoms with van der Waals surface area (Å²) in [4.78, 5) is 8.36. The molecule has 0 heterocycles. The second-order valence-electron chi connectivity index (χ2n) is 3.22. The summed E-state index contributed by atoms with van der Waals surface area (Å²) in [5.41, 5.74) is 11.3. The molecule has 10 heteroatoms. The summed E-state index contributed by atoms with van der Waals surface area (Å²) in [6.45, 7) is 0. The minimum Gasteiger partial charge on any atom is -0.369 e. The Morgan fingerprint density at radius 2 is 1.90 bits per heavy atom. The molecule has 0 aliphatic rings. The molecule has 0 saturated carbocycles. The number of guanidine groups is 1. The molecule has 1 aromatic carbocycles. The zero-order valence-corrected chi connectivity index (χ0v) is 10.9. The van der Waals surface area contributed by atoms with Gasteiger partial charge < -0.3 is 16.7 Å². The minimum absolute atomic E-state index is 0.177. The van der Waals surface area contributed by atoms with Crippen LogP contribution in [0.3, 0.4) is 0 Å². The highest BCUT2D eigenvalue weighted by Gasteiger charge is 2.00. The van der Waals surface area contributed by atoms with Crippen LogP contribution < -0.4 is 11.5 Å². The third-order valence-electron chi connectivity index (χ3n) is 1.70. The molecule has 1 aromatic rings. The van der Waals surface area contributed by atoms with Gasteiger partial charge in [0.15, 0.2) is 0 Å². The van der Waals surface area contributed by atoms with Gasteiger partial charge in [-0.3, -0.25) is 0 Å². The van der Waals surface area contributed by atoms with E-state index in [0.29, 0.717) is 11.4 Å². The average Bonchev–Trinajstić information content (AvgIpc) is 2.36. The standard InChI is InChI=1S/C10H10ClN5.HNO3/c11-8-3-1-7(2-4-8)5-9(6-12)15-16-10(13)14;2-1(3)4/h1-4H,5H2,(H4,13,14,16);(H,2,3,4)/b15-9-;. The Morgan fingerprint density at radius 3 is 2.30 bits per heavy atom. The molecule has 0 unspecified atom stereocenters. The van der Waals surface area contributed by atoms with Crippen LogP contribution in [0.15, 0.2) is 34.5 Å². The van der Waals surface area contributed by atoms with Gasteiger partial charge in [0.2, 0.25) is 5.96 Å². The molecule has 1 rings (SSSR count). The second kappa shape index (κ2) is 9.12. The Morgan fingerprint density at radius 1 is 1.40 bits per heavy atom. The summed E-state index contributed by atoms with van der Waals surface area (Å²) in [7, 11) is 0. The Labute approximate surface area is 118 Å². The van der Waals surface area contributed by atoms with Gasteiger partial charge in [0.05, 0.1) is 0 Å². The Kier molecular flexibility index (Phi) is 7.82. The number of nitriles is 1. The molecule has 0 atom stereocenters. The number of nitrogens with zero attached hydrogens (tertiary/aromatic N) is 4. The molecule has 0 amide bonds. The van der Waals surface area contributed by atoms with E-state index >= 15 is 0 Å². The molecule has 5 N–H and O–H groups in total. The van der Waals surface area contributed by atoms with Crippen molar-refractivity contribution in [2.45, 2.75) is 6.42 Å². The monoisotopic (exact) mass is 298 g/mol. The van der Waals surface area contributed by atoms with Gasteiger partial charge >= 0.3 is 0 Å². The lowest BCUT2D eigenvalue weighted by Gasteiger charge is -1.98. The summed E-state index contributed by atoms with van der Waals surface area (Å²) < 4.78 is 0. The third-order valence-corrected chi connectivity index (χ3v) is 1.95. The molecule has 0 saturated heterocycles. The van der Waals surface area contributed by atoms with E-state index < -0.39 is 5.09 Å². The molecule has 0 spiro atoms. The number of benzene rings is 1. The van der Waals surface area contributed by atoms with E-state index in [0.717, 1.165) is 5.56 Å². The fourth-order valence-corrected chi connectivity index (χ4v) is 1.14. The van der Waals surface area contributed by atoms with Gasteiger partial charge in [0, 0.05) is 11.4 Å². The number of nitrogens with two attached hydrogens (primary N) is 2. The van der Waals surface area contributed by atoms with Crippen molar-refractivity contribution in [3.63, 3.8) is 0 Å². The van der Waals surface area contributed by atoms with Crippen LogP contribution in [0.4, 0.5) is 0 Å². The Hall–Kier alpha value is -2.86. The van der Waals surface area contributed by atoms with E-state index in [1.54, 1.807) is 12.1 Å². The topological polar surface area (TPSA) is 164 Å². The maximum absolute atomic E-state index is 8.80. The van der Waals surface area contributed by atoms with Crippen molar-refractivity contribution in [2.24, 2.45) is 21.7 Å². The van der Waals surface area contributed by atoms with Gasteiger partial charge in [0.1, 0.15) is 11.8 Å². The summed E-state index contributed by atoms with van der Waals surface area (Å²) in [6.07, 6.45) is 0.366. The fourth-order valence-electron chi connectivity index (χ4n) is 1.01. The van der Waals surface area contributed by atoms with Crippen molar-refractivity contribution in [1.29, 1.82) is 5.26 Å². The zero-order chi connectivity index (χ0) is 15.5. The van der Waals surface area contributed by atoms with Crippen molar-refractivity contribution in [3.05, 3.63) is 45.0 Å². The molecular formula is C10H11ClN6O3. The van der Waals surface area contributed by atoms with Crippen LogP contribution in [0.25, 0.3) is 0 Å². The molecule has 0 radical (unpaired) electrons.